The van der Waals surface area contributed by atoms with Crippen LogP contribution in [-0.2, 0) is 0 Å². The number of benzene rings is 2. The van der Waals surface area contributed by atoms with Gasteiger partial charge in [-0.3, -0.25) is 0 Å². The quantitative estimate of drug-likeness (QED) is 0.776. The number of piperazine rings is 1. The normalized spacial score (nSPS) is 20.8. The molecule has 128 valence electrons. The second-order valence-corrected chi connectivity index (χ2v) is 6.74. The van der Waals surface area contributed by atoms with Crippen molar-refractivity contribution in [2.45, 2.75) is 25.9 Å². The highest BCUT2D eigenvalue weighted by molar-refractivity contribution is 6.00. The standard InChI is InChI=1S/C20H21FN4/c1-13-12-25(14(2)11-22-13)20-18-6-4-3-5-17(18)19(23-24-20)15-7-9-16(21)10-8-15/h3-10,13-14,22H,11-12H2,1-2H3. The lowest BCUT2D eigenvalue weighted by Gasteiger charge is -2.38. The van der Waals surface area contributed by atoms with Crippen LogP contribution in [0.5, 0.6) is 0 Å². The van der Waals surface area contributed by atoms with Gasteiger partial charge in [-0.2, -0.15) is 0 Å². The number of fused-ring (bicyclic) bond motifs is 1. The molecule has 5 heteroatoms. The van der Waals surface area contributed by atoms with E-state index in [0.717, 1.165) is 40.9 Å². The third-order valence-corrected chi connectivity index (χ3v) is 4.82. The molecule has 4 rings (SSSR count). The van der Waals surface area contributed by atoms with E-state index in [1.807, 2.05) is 12.1 Å². The van der Waals surface area contributed by atoms with Crippen LogP contribution >= 0.6 is 0 Å². The smallest absolute Gasteiger partial charge is 0.159 e. The predicted octanol–water partition coefficient (Wildman–Crippen LogP) is 3.62. The van der Waals surface area contributed by atoms with Crippen molar-refractivity contribution < 1.29 is 4.39 Å². The summed E-state index contributed by atoms with van der Waals surface area (Å²) in [7, 11) is 0. The van der Waals surface area contributed by atoms with Gasteiger partial charge in [0.2, 0.25) is 0 Å². The fraction of sp³-hybridized carbons (Fsp3) is 0.300. The van der Waals surface area contributed by atoms with Crippen molar-refractivity contribution >= 4 is 16.6 Å². The van der Waals surface area contributed by atoms with Gasteiger partial charge in [-0.1, -0.05) is 24.3 Å². The molecule has 3 aromatic rings. The molecular weight excluding hydrogens is 315 g/mol. The molecule has 25 heavy (non-hydrogen) atoms. The van der Waals surface area contributed by atoms with E-state index in [1.165, 1.54) is 12.1 Å². The lowest BCUT2D eigenvalue weighted by atomic mass is 10.0. The van der Waals surface area contributed by atoms with E-state index >= 15 is 0 Å². The van der Waals surface area contributed by atoms with E-state index in [2.05, 4.69) is 46.4 Å². The zero-order valence-corrected chi connectivity index (χ0v) is 14.4. The van der Waals surface area contributed by atoms with Gasteiger partial charge < -0.3 is 10.2 Å². The third kappa shape index (κ3) is 2.96. The van der Waals surface area contributed by atoms with E-state index in [0.29, 0.717) is 12.1 Å². The minimum absolute atomic E-state index is 0.249. The van der Waals surface area contributed by atoms with Crippen LogP contribution in [0.15, 0.2) is 48.5 Å². The summed E-state index contributed by atoms with van der Waals surface area (Å²) in [5.74, 6) is 0.670. The van der Waals surface area contributed by atoms with Gasteiger partial charge in [-0.15, -0.1) is 10.2 Å². The Kier molecular flexibility index (Phi) is 4.09. The zero-order valence-electron chi connectivity index (χ0n) is 14.4. The van der Waals surface area contributed by atoms with Crippen molar-refractivity contribution in [2.75, 3.05) is 18.0 Å². The monoisotopic (exact) mass is 336 g/mol. The van der Waals surface area contributed by atoms with E-state index in [4.69, 9.17) is 0 Å². The Labute approximate surface area is 146 Å². The molecule has 1 saturated heterocycles. The Hall–Kier alpha value is -2.53. The molecule has 0 radical (unpaired) electrons. The number of halogens is 1. The average Bonchev–Trinajstić information content (AvgIpc) is 2.64. The summed E-state index contributed by atoms with van der Waals surface area (Å²) in [6.07, 6.45) is 0. The molecule has 0 amide bonds. The maximum absolute atomic E-state index is 13.3. The Morgan fingerprint density at radius 2 is 1.72 bits per heavy atom. The molecule has 0 saturated carbocycles. The first kappa shape index (κ1) is 16.0. The molecule has 1 aliphatic heterocycles. The molecule has 4 nitrogen and oxygen atoms in total. The summed E-state index contributed by atoms with van der Waals surface area (Å²) in [5, 5.41) is 14.7. The van der Waals surface area contributed by atoms with Crippen LogP contribution in [0.3, 0.4) is 0 Å². The van der Waals surface area contributed by atoms with Gasteiger partial charge in [0.05, 0.1) is 0 Å². The largest absolute Gasteiger partial charge is 0.349 e. The predicted molar refractivity (Wildman–Crippen MR) is 99.2 cm³/mol. The van der Waals surface area contributed by atoms with Crippen LogP contribution in [0.4, 0.5) is 10.2 Å². The molecule has 2 atom stereocenters. The number of nitrogens with one attached hydrogen (secondary N) is 1. The fourth-order valence-corrected chi connectivity index (χ4v) is 3.44. The Morgan fingerprint density at radius 3 is 2.48 bits per heavy atom. The molecule has 0 aliphatic carbocycles. The topological polar surface area (TPSA) is 41.1 Å². The molecule has 2 unspecified atom stereocenters. The lowest BCUT2D eigenvalue weighted by molar-refractivity contribution is 0.422. The van der Waals surface area contributed by atoms with Crippen LogP contribution in [0.25, 0.3) is 22.0 Å². The lowest BCUT2D eigenvalue weighted by Crippen LogP contribution is -2.54. The van der Waals surface area contributed by atoms with Crippen molar-refractivity contribution in [3.05, 3.63) is 54.3 Å². The molecule has 1 N–H and O–H groups in total. The molecule has 0 spiro atoms. The molecule has 0 bridgehead atoms. The first-order chi connectivity index (χ1) is 12.1. The van der Waals surface area contributed by atoms with Gasteiger partial charge in [-0.25, -0.2) is 4.39 Å². The minimum atomic E-state index is -0.249. The molecule has 1 aromatic heterocycles. The number of rotatable bonds is 2. The SMILES string of the molecule is CC1CN(c2nnc(-c3ccc(F)cc3)c3ccccc23)C(C)CN1. The van der Waals surface area contributed by atoms with Gasteiger partial charge in [0, 0.05) is 41.5 Å². The summed E-state index contributed by atoms with van der Waals surface area (Å²) in [6, 6.07) is 15.4. The summed E-state index contributed by atoms with van der Waals surface area (Å²) >= 11 is 0. The van der Waals surface area contributed by atoms with E-state index in [-0.39, 0.29) is 5.82 Å². The molecular formula is C20H21FN4. The number of hydrogen-bond donors (Lipinski definition) is 1. The van der Waals surface area contributed by atoms with Gasteiger partial charge >= 0.3 is 0 Å². The fourth-order valence-electron chi connectivity index (χ4n) is 3.44. The van der Waals surface area contributed by atoms with Crippen LogP contribution in [0, 0.1) is 5.82 Å². The summed E-state index contributed by atoms with van der Waals surface area (Å²) in [5.41, 5.74) is 1.66. The number of hydrogen-bond acceptors (Lipinski definition) is 4. The van der Waals surface area contributed by atoms with E-state index in [9.17, 15) is 4.39 Å². The van der Waals surface area contributed by atoms with Gasteiger partial charge in [0.1, 0.15) is 11.5 Å². The van der Waals surface area contributed by atoms with Crippen molar-refractivity contribution in [1.29, 1.82) is 0 Å². The Morgan fingerprint density at radius 1 is 1.00 bits per heavy atom. The highest BCUT2D eigenvalue weighted by atomic mass is 19.1. The Bertz CT molecular complexity index is 894. The van der Waals surface area contributed by atoms with E-state index < -0.39 is 0 Å². The van der Waals surface area contributed by atoms with Gasteiger partial charge in [0.15, 0.2) is 5.82 Å². The third-order valence-electron chi connectivity index (χ3n) is 4.82. The van der Waals surface area contributed by atoms with Gasteiger partial charge in [-0.05, 0) is 38.1 Å². The van der Waals surface area contributed by atoms with Crippen LogP contribution in [-0.4, -0.2) is 35.4 Å². The maximum atomic E-state index is 13.3. The molecule has 1 fully saturated rings. The number of nitrogens with zero attached hydrogens (tertiary/aromatic N) is 3. The zero-order chi connectivity index (χ0) is 17.4. The summed E-state index contributed by atoms with van der Waals surface area (Å²) in [4.78, 5) is 2.32. The average molecular weight is 336 g/mol. The number of anilines is 1. The first-order valence-corrected chi connectivity index (χ1v) is 8.65. The highest BCUT2D eigenvalue weighted by Crippen LogP contribution is 2.32. The number of aromatic nitrogens is 2. The molecule has 1 aliphatic rings. The van der Waals surface area contributed by atoms with Crippen molar-refractivity contribution in [3.8, 4) is 11.3 Å². The Balaban J connectivity index is 1.86. The van der Waals surface area contributed by atoms with Crippen molar-refractivity contribution in [1.82, 2.24) is 15.5 Å². The van der Waals surface area contributed by atoms with E-state index in [1.54, 1.807) is 12.1 Å². The summed E-state index contributed by atoms with van der Waals surface area (Å²) < 4.78 is 13.3. The summed E-state index contributed by atoms with van der Waals surface area (Å²) in [6.45, 7) is 6.21. The van der Waals surface area contributed by atoms with Crippen molar-refractivity contribution in [3.63, 3.8) is 0 Å². The first-order valence-electron chi connectivity index (χ1n) is 8.65. The minimum Gasteiger partial charge on any atom is -0.349 e. The molecule has 2 aromatic carbocycles. The second-order valence-electron chi connectivity index (χ2n) is 6.74. The van der Waals surface area contributed by atoms with Gasteiger partial charge in [0.25, 0.3) is 0 Å². The van der Waals surface area contributed by atoms with Crippen molar-refractivity contribution in [2.24, 2.45) is 0 Å². The van der Waals surface area contributed by atoms with Crippen LogP contribution < -0.4 is 10.2 Å². The molecule has 2 heterocycles. The van der Waals surface area contributed by atoms with Crippen LogP contribution in [0.2, 0.25) is 0 Å². The highest BCUT2D eigenvalue weighted by Gasteiger charge is 2.26. The second kappa shape index (κ2) is 6.41. The van der Waals surface area contributed by atoms with Crippen LogP contribution in [0.1, 0.15) is 13.8 Å². The maximum Gasteiger partial charge on any atom is 0.159 e.